The molecule has 1 amide bonds. The fourth-order valence-electron chi connectivity index (χ4n) is 1.79. The van der Waals surface area contributed by atoms with Crippen molar-refractivity contribution in [1.82, 2.24) is 0 Å². The number of benzene rings is 2. The quantitative estimate of drug-likeness (QED) is 0.815. The standard InChI is InChI=1S/C17H17ClN2O/c1-12-8-10-15(11-9-12)19-13(2)16(18)17(21)20-14-6-4-3-5-7-14/h3-11,19H,1-2H3,(H,20,21). The van der Waals surface area contributed by atoms with Crippen LogP contribution in [0.5, 0.6) is 0 Å². The van der Waals surface area contributed by atoms with Crippen LogP contribution in [0.25, 0.3) is 0 Å². The Morgan fingerprint density at radius 2 is 1.48 bits per heavy atom. The van der Waals surface area contributed by atoms with E-state index in [0.29, 0.717) is 11.4 Å². The minimum atomic E-state index is -0.333. The number of hydrogen-bond donors (Lipinski definition) is 2. The molecule has 2 aromatic carbocycles. The molecule has 0 atom stereocenters. The fraction of sp³-hybridized carbons (Fsp3) is 0.118. The van der Waals surface area contributed by atoms with Crippen molar-refractivity contribution < 1.29 is 4.79 Å². The summed E-state index contributed by atoms with van der Waals surface area (Å²) in [4.78, 5) is 12.1. The van der Waals surface area contributed by atoms with E-state index in [1.165, 1.54) is 5.56 Å². The molecule has 0 radical (unpaired) electrons. The zero-order valence-electron chi connectivity index (χ0n) is 12.0. The van der Waals surface area contributed by atoms with E-state index in [1.54, 1.807) is 6.92 Å². The molecular weight excluding hydrogens is 284 g/mol. The maximum absolute atomic E-state index is 12.1. The van der Waals surface area contributed by atoms with Crippen molar-refractivity contribution in [3.63, 3.8) is 0 Å². The number of hydrogen-bond acceptors (Lipinski definition) is 2. The zero-order chi connectivity index (χ0) is 15.2. The third-order valence-corrected chi connectivity index (χ3v) is 3.40. The number of carbonyl (C=O) groups excluding carboxylic acids is 1. The summed E-state index contributed by atoms with van der Waals surface area (Å²) in [7, 11) is 0. The van der Waals surface area contributed by atoms with E-state index >= 15 is 0 Å². The first-order chi connectivity index (χ1) is 10.1. The normalized spacial score (nSPS) is 11.6. The number of anilines is 2. The maximum Gasteiger partial charge on any atom is 0.268 e. The molecule has 0 saturated carbocycles. The smallest absolute Gasteiger partial charge is 0.268 e. The number of aryl methyl sites for hydroxylation is 1. The van der Waals surface area contributed by atoms with Crippen molar-refractivity contribution >= 4 is 28.9 Å². The van der Waals surface area contributed by atoms with Gasteiger partial charge in [0.05, 0.1) is 0 Å². The van der Waals surface area contributed by atoms with Crippen LogP contribution in [0.1, 0.15) is 12.5 Å². The lowest BCUT2D eigenvalue weighted by molar-refractivity contribution is -0.112. The molecule has 2 aromatic rings. The second-order valence-electron chi connectivity index (χ2n) is 4.75. The Hall–Kier alpha value is -2.26. The van der Waals surface area contributed by atoms with Crippen molar-refractivity contribution in [3.8, 4) is 0 Å². The van der Waals surface area contributed by atoms with Crippen LogP contribution in [0.3, 0.4) is 0 Å². The molecule has 3 nitrogen and oxygen atoms in total. The van der Waals surface area contributed by atoms with Crippen molar-refractivity contribution in [1.29, 1.82) is 0 Å². The first-order valence-electron chi connectivity index (χ1n) is 6.63. The molecular formula is C17H17ClN2O. The van der Waals surface area contributed by atoms with Crippen molar-refractivity contribution in [3.05, 3.63) is 70.9 Å². The summed E-state index contributed by atoms with van der Waals surface area (Å²) < 4.78 is 0. The Kier molecular flexibility index (Phi) is 5.01. The molecule has 4 heteroatoms. The Morgan fingerprint density at radius 3 is 2.10 bits per heavy atom. The van der Waals surface area contributed by atoms with Crippen LogP contribution in [-0.2, 0) is 4.79 Å². The second kappa shape index (κ2) is 6.95. The van der Waals surface area contributed by atoms with Crippen molar-refractivity contribution in [2.24, 2.45) is 0 Å². The average Bonchev–Trinajstić information content (AvgIpc) is 2.49. The Labute approximate surface area is 129 Å². The summed E-state index contributed by atoms with van der Waals surface area (Å²) in [5.41, 5.74) is 3.39. The van der Waals surface area contributed by atoms with Gasteiger partial charge in [0, 0.05) is 17.1 Å². The summed E-state index contributed by atoms with van der Waals surface area (Å²) in [6.07, 6.45) is 0. The Balaban J connectivity index is 2.07. The highest BCUT2D eigenvalue weighted by Gasteiger charge is 2.10. The van der Waals surface area contributed by atoms with Gasteiger partial charge in [0.15, 0.2) is 0 Å². The number of amides is 1. The lowest BCUT2D eigenvalue weighted by Gasteiger charge is -2.10. The minimum absolute atomic E-state index is 0.138. The molecule has 0 heterocycles. The third kappa shape index (κ3) is 4.36. The van der Waals surface area contributed by atoms with Gasteiger partial charge >= 0.3 is 0 Å². The third-order valence-electron chi connectivity index (χ3n) is 2.94. The van der Waals surface area contributed by atoms with Gasteiger partial charge in [0.1, 0.15) is 5.03 Å². The second-order valence-corrected chi connectivity index (χ2v) is 5.13. The summed E-state index contributed by atoms with van der Waals surface area (Å²) in [6, 6.07) is 17.1. The van der Waals surface area contributed by atoms with Gasteiger partial charge in [-0.15, -0.1) is 0 Å². The predicted molar refractivity (Wildman–Crippen MR) is 88.4 cm³/mol. The monoisotopic (exact) mass is 300 g/mol. The van der Waals surface area contributed by atoms with Gasteiger partial charge in [-0.25, -0.2) is 0 Å². The first kappa shape index (κ1) is 15.1. The molecule has 0 aliphatic rings. The van der Waals surface area contributed by atoms with Crippen molar-refractivity contribution in [2.75, 3.05) is 10.6 Å². The molecule has 2 N–H and O–H groups in total. The Bertz CT molecular complexity index is 648. The van der Waals surface area contributed by atoms with Crippen LogP contribution < -0.4 is 10.6 Å². The number of nitrogens with one attached hydrogen (secondary N) is 2. The zero-order valence-corrected chi connectivity index (χ0v) is 12.7. The van der Waals surface area contributed by atoms with Crippen LogP contribution in [0.2, 0.25) is 0 Å². The van der Waals surface area contributed by atoms with Crippen LogP contribution in [-0.4, -0.2) is 5.91 Å². The topological polar surface area (TPSA) is 41.1 Å². The highest BCUT2D eigenvalue weighted by molar-refractivity contribution is 6.44. The van der Waals surface area contributed by atoms with E-state index in [-0.39, 0.29) is 10.9 Å². The fourth-order valence-corrected chi connectivity index (χ4v) is 1.88. The van der Waals surface area contributed by atoms with E-state index in [9.17, 15) is 4.79 Å². The summed E-state index contributed by atoms with van der Waals surface area (Å²) >= 11 is 6.12. The van der Waals surface area contributed by atoms with Crippen LogP contribution in [0.4, 0.5) is 11.4 Å². The van der Waals surface area contributed by atoms with E-state index < -0.39 is 0 Å². The van der Waals surface area contributed by atoms with Crippen LogP contribution in [0.15, 0.2) is 65.3 Å². The molecule has 0 spiro atoms. The lowest BCUT2D eigenvalue weighted by Crippen LogP contribution is -2.14. The lowest BCUT2D eigenvalue weighted by atomic mass is 10.2. The SMILES string of the molecule is CC(Nc1ccc(C)cc1)=C(Cl)C(=O)Nc1ccccc1. The van der Waals surface area contributed by atoms with Crippen LogP contribution >= 0.6 is 11.6 Å². The number of carbonyl (C=O) groups is 1. The van der Waals surface area contributed by atoms with Gasteiger partial charge in [-0.1, -0.05) is 47.5 Å². The molecule has 108 valence electrons. The van der Waals surface area contributed by atoms with Gasteiger partial charge in [-0.2, -0.15) is 0 Å². The molecule has 0 aliphatic heterocycles. The maximum atomic E-state index is 12.1. The molecule has 0 unspecified atom stereocenters. The predicted octanol–water partition coefficient (Wildman–Crippen LogP) is 4.52. The highest BCUT2D eigenvalue weighted by atomic mass is 35.5. The van der Waals surface area contributed by atoms with Gasteiger partial charge in [-0.3, -0.25) is 4.79 Å². The minimum Gasteiger partial charge on any atom is -0.358 e. The van der Waals surface area contributed by atoms with E-state index in [4.69, 9.17) is 11.6 Å². The van der Waals surface area contributed by atoms with Gasteiger partial charge in [0.2, 0.25) is 0 Å². The largest absolute Gasteiger partial charge is 0.358 e. The number of para-hydroxylation sites is 1. The highest BCUT2D eigenvalue weighted by Crippen LogP contribution is 2.17. The Morgan fingerprint density at radius 1 is 0.905 bits per heavy atom. The first-order valence-corrected chi connectivity index (χ1v) is 7.00. The van der Waals surface area contributed by atoms with E-state index in [2.05, 4.69) is 10.6 Å². The summed E-state index contributed by atoms with van der Waals surface area (Å²) in [5, 5.41) is 6.01. The summed E-state index contributed by atoms with van der Waals surface area (Å²) in [5.74, 6) is -0.333. The number of rotatable bonds is 4. The molecule has 0 saturated heterocycles. The molecule has 0 bridgehead atoms. The van der Waals surface area contributed by atoms with E-state index in [1.807, 2.05) is 61.5 Å². The molecule has 0 aliphatic carbocycles. The van der Waals surface area contributed by atoms with Gasteiger partial charge in [0.25, 0.3) is 5.91 Å². The number of halogens is 1. The molecule has 0 fully saturated rings. The molecule has 2 rings (SSSR count). The van der Waals surface area contributed by atoms with Gasteiger partial charge < -0.3 is 10.6 Å². The average molecular weight is 301 g/mol. The molecule has 0 aromatic heterocycles. The number of allylic oxidation sites excluding steroid dienone is 1. The van der Waals surface area contributed by atoms with E-state index in [0.717, 1.165) is 5.69 Å². The van der Waals surface area contributed by atoms with Crippen molar-refractivity contribution in [2.45, 2.75) is 13.8 Å². The molecule has 21 heavy (non-hydrogen) atoms. The summed E-state index contributed by atoms with van der Waals surface area (Å²) in [6.45, 7) is 3.79. The van der Waals surface area contributed by atoms with Crippen LogP contribution in [0, 0.1) is 6.92 Å². The van der Waals surface area contributed by atoms with Gasteiger partial charge in [-0.05, 0) is 38.1 Å².